The van der Waals surface area contributed by atoms with E-state index in [2.05, 4.69) is 5.32 Å². The van der Waals surface area contributed by atoms with E-state index >= 15 is 0 Å². The predicted octanol–water partition coefficient (Wildman–Crippen LogP) is 2.00. The molecule has 2 saturated heterocycles. The van der Waals surface area contributed by atoms with Gasteiger partial charge in [0.25, 0.3) is 0 Å². The number of nitrogens with one attached hydrogen (secondary N) is 1. The number of amides is 2. The standard InChI is InChI=1S/C22H33N3O5S/c1-3-6-21(26)23-18-8-5-13-24(16-18)22(27)17-7-4-14-25(15-17)31(28,29)20-11-9-19(30-2)10-12-20/h9-12,17-18H,3-8,13-16H2,1-2H3,(H,23,26). The lowest BCUT2D eigenvalue weighted by molar-refractivity contribution is -0.138. The molecule has 2 aliphatic rings. The third kappa shape index (κ3) is 5.77. The van der Waals surface area contributed by atoms with Gasteiger partial charge in [-0.2, -0.15) is 4.31 Å². The van der Waals surface area contributed by atoms with Crippen LogP contribution in [-0.2, 0) is 19.6 Å². The predicted molar refractivity (Wildman–Crippen MR) is 117 cm³/mol. The van der Waals surface area contributed by atoms with Crippen molar-refractivity contribution < 1.29 is 22.7 Å². The van der Waals surface area contributed by atoms with Gasteiger partial charge in [-0.15, -0.1) is 0 Å². The molecule has 2 atom stereocenters. The fourth-order valence-corrected chi connectivity index (χ4v) is 5.86. The fourth-order valence-electron chi connectivity index (χ4n) is 4.34. The summed E-state index contributed by atoms with van der Waals surface area (Å²) in [6.45, 7) is 3.71. The van der Waals surface area contributed by atoms with E-state index in [1.54, 1.807) is 17.0 Å². The van der Waals surface area contributed by atoms with E-state index in [4.69, 9.17) is 4.74 Å². The first-order chi connectivity index (χ1) is 14.8. The van der Waals surface area contributed by atoms with Crippen LogP contribution in [0.3, 0.4) is 0 Å². The molecular weight excluding hydrogens is 418 g/mol. The van der Waals surface area contributed by atoms with Crippen molar-refractivity contribution in [2.45, 2.75) is 56.4 Å². The molecule has 3 rings (SSSR count). The zero-order chi connectivity index (χ0) is 22.4. The number of rotatable bonds is 7. The molecule has 9 heteroatoms. The van der Waals surface area contributed by atoms with Crippen LogP contribution in [-0.4, -0.2) is 68.8 Å². The van der Waals surface area contributed by atoms with Crippen molar-refractivity contribution in [3.63, 3.8) is 0 Å². The number of likely N-dealkylation sites (tertiary alicyclic amines) is 1. The van der Waals surface area contributed by atoms with Gasteiger partial charge in [-0.05, 0) is 56.4 Å². The summed E-state index contributed by atoms with van der Waals surface area (Å²) in [5, 5.41) is 3.02. The number of carbonyl (C=O) groups excluding carboxylic acids is 2. The third-order valence-corrected chi connectivity index (χ3v) is 7.89. The quantitative estimate of drug-likeness (QED) is 0.684. The number of benzene rings is 1. The van der Waals surface area contributed by atoms with E-state index in [-0.39, 0.29) is 35.2 Å². The van der Waals surface area contributed by atoms with Crippen LogP contribution in [0.5, 0.6) is 5.75 Å². The number of hydrogen-bond acceptors (Lipinski definition) is 5. The molecule has 1 N–H and O–H groups in total. The highest BCUT2D eigenvalue weighted by atomic mass is 32.2. The number of ether oxygens (including phenoxy) is 1. The molecule has 2 aliphatic heterocycles. The van der Waals surface area contributed by atoms with E-state index in [1.165, 1.54) is 23.5 Å². The van der Waals surface area contributed by atoms with Gasteiger partial charge >= 0.3 is 0 Å². The number of piperidine rings is 2. The Kier molecular flexibility index (Phi) is 7.94. The van der Waals surface area contributed by atoms with Crippen LogP contribution >= 0.6 is 0 Å². The van der Waals surface area contributed by atoms with Crippen LogP contribution in [0, 0.1) is 5.92 Å². The van der Waals surface area contributed by atoms with Gasteiger partial charge in [-0.1, -0.05) is 6.92 Å². The molecule has 31 heavy (non-hydrogen) atoms. The minimum absolute atomic E-state index is 0.0101. The van der Waals surface area contributed by atoms with Gasteiger partial charge in [0.15, 0.2) is 0 Å². The first-order valence-electron chi connectivity index (χ1n) is 11.1. The molecule has 8 nitrogen and oxygen atoms in total. The topological polar surface area (TPSA) is 96.0 Å². The summed E-state index contributed by atoms with van der Waals surface area (Å²) in [6, 6.07) is 6.29. The molecule has 2 fully saturated rings. The average Bonchev–Trinajstić information content (AvgIpc) is 2.79. The van der Waals surface area contributed by atoms with Gasteiger partial charge in [0.2, 0.25) is 21.8 Å². The Morgan fingerprint density at radius 3 is 2.48 bits per heavy atom. The maximum absolute atomic E-state index is 13.2. The van der Waals surface area contributed by atoms with Crippen molar-refractivity contribution in [3.8, 4) is 5.75 Å². The molecule has 2 unspecified atom stereocenters. The van der Waals surface area contributed by atoms with Crippen LogP contribution in [0.25, 0.3) is 0 Å². The number of sulfonamides is 1. The molecule has 0 radical (unpaired) electrons. The monoisotopic (exact) mass is 451 g/mol. The number of carbonyl (C=O) groups is 2. The minimum atomic E-state index is -3.67. The maximum Gasteiger partial charge on any atom is 0.243 e. The number of methoxy groups -OCH3 is 1. The third-order valence-electron chi connectivity index (χ3n) is 6.01. The average molecular weight is 452 g/mol. The molecule has 1 aromatic rings. The highest BCUT2D eigenvalue weighted by Crippen LogP contribution is 2.27. The fraction of sp³-hybridized carbons (Fsp3) is 0.636. The molecule has 2 amide bonds. The second-order valence-corrected chi connectivity index (χ2v) is 10.3. The van der Waals surface area contributed by atoms with Crippen molar-refractivity contribution in [1.29, 1.82) is 0 Å². The Balaban J connectivity index is 1.63. The summed E-state index contributed by atoms with van der Waals surface area (Å²) in [5.41, 5.74) is 0. The van der Waals surface area contributed by atoms with Crippen molar-refractivity contribution in [2.24, 2.45) is 5.92 Å². The van der Waals surface area contributed by atoms with Crippen molar-refractivity contribution >= 4 is 21.8 Å². The van der Waals surface area contributed by atoms with Gasteiger partial charge in [0.05, 0.1) is 17.9 Å². The summed E-state index contributed by atoms with van der Waals surface area (Å²) in [7, 11) is -2.13. The summed E-state index contributed by atoms with van der Waals surface area (Å²) >= 11 is 0. The maximum atomic E-state index is 13.2. The van der Waals surface area contributed by atoms with Crippen LogP contribution in [0.4, 0.5) is 0 Å². The highest BCUT2D eigenvalue weighted by molar-refractivity contribution is 7.89. The molecule has 0 aliphatic carbocycles. The van der Waals surface area contributed by atoms with Gasteiger partial charge in [0, 0.05) is 38.6 Å². The van der Waals surface area contributed by atoms with Crippen LogP contribution < -0.4 is 10.1 Å². The molecule has 0 aromatic heterocycles. The zero-order valence-corrected chi connectivity index (χ0v) is 19.2. The van der Waals surface area contributed by atoms with E-state index in [9.17, 15) is 18.0 Å². The van der Waals surface area contributed by atoms with Crippen molar-refractivity contribution in [2.75, 3.05) is 33.3 Å². The second-order valence-electron chi connectivity index (χ2n) is 8.32. The van der Waals surface area contributed by atoms with Crippen LogP contribution in [0.1, 0.15) is 45.4 Å². The van der Waals surface area contributed by atoms with E-state index in [0.29, 0.717) is 44.6 Å². The molecular formula is C22H33N3O5S. The summed E-state index contributed by atoms with van der Waals surface area (Å²) in [4.78, 5) is 27.1. The first-order valence-corrected chi connectivity index (χ1v) is 12.5. The molecule has 172 valence electrons. The van der Waals surface area contributed by atoms with Gasteiger partial charge in [-0.3, -0.25) is 9.59 Å². The van der Waals surface area contributed by atoms with Crippen molar-refractivity contribution in [3.05, 3.63) is 24.3 Å². The Hall–Kier alpha value is -2.13. The van der Waals surface area contributed by atoms with E-state index < -0.39 is 10.0 Å². The highest BCUT2D eigenvalue weighted by Gasteiger charge is 2.36. The Morgan fingerprint density at radius 1 is 1.10 bits per heavy atom. The Labute approximate surface area is 185 Å². The van der Waals surface area contributed by atoms with Crippen LogP contribution in [0.2, 0.25) is 0 Å². The summed E-state index contributed by atoms with van der Waals surface area (Å²) in [6.07, 6.45) is 4.31. The smallest absolute Gasteiger partial charge is 0.243 e. The molecule has 1 aromatic carbocycles. The number of nitrogens with zero attached hydrogens (tertiary/aromatic N) is 2. The second kappa shape index (κ2) is 10.5. The Bertz CT molecular complexity index is 872. The lowest BCUT2D eigenvalue weighted by atomic mass is 9.96. The van der Waals surface area contributed by atoms with Crippen LogP contribution in [0.15, 0.2) is 29.2 Å². The number of hydrogen-bond donors (Lipinski definition) is 1. The summed E-state index contributed by atoms with van der Waals surface area (Å²) in [5.74, 6) is 0.253. The van der Waals surface area contributed by atoms with E-state index in [0.717, 1.165) is 19.3 Å². The molecule has 2 heterocycles. The lowest BCUT2D eigenvalue weighted by Gasteiger charge is -2.38. The largest absolute Gasteiger partial charge is 0.497 e. The van der Waals surface area contributed by atoms with Gasteiger partial charge < -0.3 is 15.0 Å². The van der Waals surface area contributed by atoms with Gasteiger partial charge in [-0.25, -0.2) is 8.42 Å². The van der Waals surface area contributed by atoms with Crippen molar-refractivity contribution in [1.82, 2.24) is 14.5 Å². The molecule has 0 bridgehead atoms. The zero-order valence-electron chi connectivity index (χ0n) is 18.4. The SMILES string of the molecule is CCCC(=O)NC1CCCN(C(=O)C2CCCN(S(=O)(=O)c3ccc(OC)cc3)C2)C1. The summed E-state index contributed by atoms with van der Waals surface area (Å²) < 4.78 is 32.7. The molecule has 0 spiro atoms. The lowest BCUT2D eigenvalue weighted by Crippen LogP contribution is -2.53. The van der Waals surface area contributed by atoms with Gasteiger partial charge in [0.1, 0.15) is 5.75 Å². The normalized spacial score (nSPS) is 22.7. The van der Waals surface area contributed by atoms with E-state index in [1.807, 2.05) is 6.92 Å². The minimum Gasteiger partial charge on any atom is -0.497 e. The molecule has 0 saturated carbocycles. The Morgan fingerprint density at radius 2 is 1.81 bits per heavy atom. The first kappa shape index (κ1) is 23.5.